The number of hydrogen-bond acceptors (Lipinski definition) is 2. The van der Waals surface area contributed by atoms with Crippen molar-refractivity contribution in [2.75, 3.05) is 13.1 Å². The Morgan fingerprint density at radius 1 is 1.32 bits per heavy atom. The topological polar surface area (TPSA) is 39.3 Å². The summed E-state index contributed by atoms with van der Waals surface area (Å²) in [6.45, 7) is 4.86. The van der Waals surface area contributed by atoms with Crippen LogP contribution in [0, 0.1) is 11.8 Å². The highest BCUT2D eigenvalue weighted by atomic mass is 16.3. The van der Waals surface area contributed by atoms with Crippen LogP contribution in [0.3, 0.4) is 0 Å². The predicted octanol–water partition coefficient (Wildman–Crippen LogP) is 3.63. The summed E-state index contributed by atoms with van der Waals surface area (Å²) >= 11 is 0. The van der Waals surface area contributed by atoms with E-state index in [9.17, 15) is 5.11 Å². The molecule has 0 radical (unpaired) electrons. The summed E-state index contributed by atoms with van der Waals surface area (Å²) in [6.07, 6.45) is 5.22. The van der Waals surface area contributed by atoms with Gasteiger partial charge in [0.15, 0.2) is 0 Å². The minimum absolute atomic E-state index is 0.384. The average molecular weight is 296 g/mol. The number of aromatic amines is 1. The van der Waals surface area contributed by atoms with Crippen LogP contribution < -0.4 is 0 Å². The van der Waals surface area contributed by atoms with E-state index in [4.69, 9.17) is 0 Å². The van der Waals surface area contributed by atoms with Gasteiger partial charge in [-0.25, -0.2) is 0 Å². The van der Waals surface area contributed by atoms with Crippen LogP contribution in [0.25, 0.3) is 10.9 Å². The van der Waals surface area contributed by atoms with E-state index in [1.54, 1.807) is 6.07 Å². The highest BCUT2D eigenvalue weighted by Gasteiger charge is 2.48. The fraction of sp³-hybridized carbons (Fsp3) is 0.579. The number of benzene rings is 1. The summed E-state index contributed by atoms with van der Waals surface area (Å²) in [7, 11) is 0. The van der Waals surface area contributed by atoms with Crippen molar-refractivity contribution in [3.05, 3.63) is 29.5 Å². The van der Waals surface area contributed by atoms with Gasteiger partial charge in [-0.15, -0.1) is 0 Å². The molecule has 116 valence electrons. The van der Waals surface area contributed by atoms with E-state index >= 15 is 0 Å². The second-order valence-corrected chi connectivity index (χ2v) is 7.59. The summed E-state index contributed by atoms with van der Waals surface area (Å²) < 4.78 is 0. The Balaban J connectivity index is 1.69. The lowest BCUT2D eigenvalue weighted by atomic mass is 9.65. The van der Waals surface area contributed by atoms with Crippen LogP contribution in [-0.4, -0.2) is 34.1 Å². The number of phenols is 1. The first kappa shape index (κ1) is 13.0. The molecule has 2 aromatic rings. The molecule has 4 unspecified atom stereocenters. The number of H-pyrrole nitrogens is 1. The highest BCUT2D eigenvalue weighted by molar-refractivity contribution is 5.86. The van der Waals surface area contributed by atoms with E-state index in [0.717, 1.165) is 24.3 Å². The quantitative estimate of drug-likeness (QED) is 0.843. The van der Waals surface area contributed by atoms with Crippen LogP contribution in [0.15, 0.2) is 18.2 Å². The molecular formula is C19H24N2O. The summed E-state index contributed by atoms with van der Waals surface area (Å²) in [6, 6.07) is 6.52. The molecule has 4 bridgehead atoms. The van der Waals surface area contributed by atoms with E-state index in [-0.39, 0.29) is 0 Å². The Bertz CT molecular complexity index is 734. The zero-order valence-corrected chi connectivity index (χ0v) is 13.2. The molecule has 22 heavy (non-hydrogen) atoms. The first-order valence-electron chi connectivity index (χ1n) is 8.82. The van der Waals surface area contributed by atoms with Crippen molar-refractivity contribution in [2.45, 2.75) is 44.6 Å². The summed E-state index contributed by atoms with van der Waals surface area (Å²) in [5, 5.41) is 11.1. The van der Waals surface area contributed by atoms with Crippen molar-refractivity contribution < 1.29 is 5.11 Å². The van der Waals surface area contributed by atoms with Gasteiger partial charge >= 0.3 is 0 Å². The van der Waals surface area contributed by atoms with Crippen LogP contribution in [-0.2, 0) is 6.42 Å². The monoisotopic (exact) mass is 296 g/mol. The number of aromatic hydroxyl groups is 1. The number of fused-ring (bicyclic) bond motifs is 4. The van der Waals surface area contributed by atoms with Gasteiger partial charge in [0.25, 0.3) is 0 Å². The first-order chi connectivity index (χ1) is 10.7. The van der Waals surface area contributed by atoms with Gasteiger partial charge in [0.2, 0.25) is 0 Å². The minimum atomic E-state index is 0.384. The molecule has 3 heteroatoms. The molecule has 2 N–H and O–H groups in total. The van der Waals surface area contributed by atoms with Gasteiger partial charge in [0, 0.05) is 41.6 Å². The van der Waals surface area contributed by atoms with Gasteiger partial charge in [-0.05, 0) is 54.9 Å². The molecule has 1 saturated carbocycles. The van der Waals surface area contributed by atoms with Gasteiger partial charge in [0.05, 0.1) is 0 Å². The fourth-order valence-electron chi connectivity index (χ4n) is 5.68. The van der Waals surface area contributed by atoms with Crippen molar-refractivity contribution >= 4 is 10.9 Å². The highest BCUT2D eigenvalue weighted by Crippen LogP contribution is 2.51. The molecule has 3 aliphatic heterocycles. The number of hydrogen-bond donors (Lipinski definition) is 2. The summed E-state index contributed by atoms with van der Waals surface area (Å²) in [5.74, 6) is 2.80. The van der Waals surface area contributed by atoms with E-state index < -0.39 is 0 Å². The molecule has 3 fully saturated rings. The lowest BCUT2D eigenvalue weighted by Gasteiger charge is -2.53. The SMILES string of the molecule is CCC1CC2C[C@H]3c4[nH]c5ccc(O)cc5c4CCN(C2)C13. The maximum atomic E-state index is 9.87. The third-order valence-corrected chi connectivity index (χ3v) is 6.50. The summed E-state index contributed by atoms with van der Waals surface area (Å²) in [4.78, 5) is 6.51. The second-order valence-electron chi connectivity index (χ2n) is 7.59. The zero-order chi connectivity index (χ0) is 14.8. The standard InChI is InChI=1S/C19H24N2O/c1-2-12-7-11-8-16-18-14(5-6-21(10-11)19(12)16)15-9-13(22)3-4-17(15)20-18/h3-4,9,11-12,16,19-20,22H,2,5-8,10H2,1H3/t11?,12?,16-,19?/m0/s1. The average Bonchev–Trinajstić information content (AvgIpc) is 2.85. The minimum Gasteiger partial charge on any atom is -0.508 e. The number of nitrogens with one attached hydrogen (secondary N) is 1. The van der Waals surface area contributed by atoms with Crippen LogP contribution in [0.1, 0.15) is 43.4 Å². The largest absolute Gasteiger partial charge is 0.508 e. The Hall–Kier alpha value is -1.48. The molecule has 2 saturated heterocycles. The number of nitrogens with zero attached hydrogens (tertiary/aromatic N) is 1. The van der Waals surface area contributed by atoms with E-state index in [1.165, 1.54) is 54.5 Å². The lowest BCUT2D eigenvalue weighted by Crippen LogP contribution is -2.56. The maximum Gasteiger partial charge on any atom is 0.116 e. The number of phenolic OH excluding ortho intramolecular Hbond substituents is 1. The Morgan fingerprint density at radius 2 is 2.23 bits per heavy atom. The molecule has 5 atom stereocenters. The van der Waals surface area contributed by atoms with Gasteiger partial charge in [0.1, 0.15) is 5.75 Å². The summed E-state index contributed by atoms with van der Waals surface area (Å²) in [5.41, 5.74) is 4.16. The van der Waals surface area contributed by atoms with Gasteiger partial charge in [-0.1, -0.05) is 13.3 Å². The molecule has 0 spiro atoms. The van der Waals surface area contributed by atoms with Gasteiger partial charge in [-0.3, -0.25) is 4.90 Å². The van der Waals surface area contributed by atoms with E-state index in [0.29, 0.717) is 11.7 Å². The van der Waals surface area contributed by atoms with Crippen LogP contribution in [0.5, 0.6) is 5.75 Å². The molecule has 1 aliphatic carbocycles. The molecular weight excluding hydrogens is 272 g/mol. The first-order valence-corrected chi connectivity index (χ1v) is 8.82. The molecule has 3 nitrogen and oxygen atoms in total. The second kappa shape index (κ2) is 4.51. The smallest absolute Gasteiger partial charge is 0.116 e. The van der Waals surface area contributed by atoms with Crippen LogP contribution >= 0.6 is 0 Å². The van der Waals surface area contributed by atoms with E-state index in [2.05, 4.69) is 16.8 Å². The molecule has 1 aromatic carbocycles. The third-order valence-electron chi connectivity index (χ3n) is 6.50. The van der Waals surface area contributed by atoms with Crippen molar-refractivity contribution in [1.82, 2.24) is 9.88 Å². The number of aromatic nitrogens is 1. The van der Waals surface area contributed by atoms with Crippen molar-refractivity contribution in [3.8, 4) is 5.75 Å². The van der Waals surface area contributed by atoms with Crippen molar-refractivity contribution in [1.29, 1.82) is 0 Å². The van der Waals surface area contributed by atoms with Gasteiger partial charge < -0.3 is 10.1 Å². The predicted molar refractivity (Wildman–Crippen MR) is 88.3 cm³/mol. The van der Waals surface area contributed by atoms with Crippen LogP contribution in [0.4, 0.5) is 0 Å². The Labute approximate surface area is 131 Å². The number of rotatable bonds is 1. The molecule has 4 aliphatic rings. The van der Waals surface area contributed by atoms with Crippen molar-refractivity contribution in [3.63, 3.8) is 0 Å². The normalized spacial score (nSPS) is 36.3. The van der Waals surface area contributed by atoms with Crippen molar-refractivity contribution in [2.24, 2.45) is 11.8 Å². The van der Waals surface area contributed by atoms with Crippen LogP contribution in [0.2, 0.25) is 0 Å². The molecule has 6 rings (SSSR count). The molecule has 4 heterocycles. The third kappa shape index (κ3) is 1.66. The van der Waals surface area contributed by atoms with E-state index in [1.807, 2.05) is 12.1 Å². The van der Waals surface area contributed by atoms with Gasteiger partial charge in [-0.2, -0.15) is 0 Å². The lowest BCUT2D eigenvalue weighted by molar-refractivity contribution is -0.0134. The Morgan fingerprint density at radius 3 is 3.09 bits per heavy atom. The molecule has 0 amide bonds. The molecule has 1 aromatic heterocycles. The fourth-order valence-corrected chi connectivity index (χ4v) is 5.68. The maximum absolute atomic E-state index is 9.87. The zero-order valence-electron chi connectivity index (χ0n) is 13.2. The number of piperidine rings is 2. The Kier molecular flexibility index (Phi) is 2.67.